The predicted molar refractivity (Wildman–Crippen MR) is 142 cm³/mol. The fraction of sp³-hybridized carbons (Fsp3) is 0.379. The largest absolute Gasteiger partial charge is 0.523 e. The summed E-state index contributed by atoms with van der Waals surface area (Å²) < 4.78 is 98.4. The van der Waals surface area contributed by atoms with Gasteiger partial charge in [0.25, 0.3) is 0 Å². The molecule has 0 aromatic heterocycles. The molecule has 1 aliphatic rings. The zero-order valence-electron chi connectivity index (χ0n) is 22.2. The van der Waals surface area contributed by atoms with Crippen molar-refractivity contribution in [1.82, 2.24) is 0 Å². The van der Waals surface area contributed by atoms with Gasteiger partial charge in [0, 0.05) is 7.11 Å². The number of halogens is 3. The Kier molecular flexibility index (Phi) is 10.9. The van der Waals surface area contributed by atoms with Crippen molar-refractivity contribution in [3.05, 3.63) is 108 Å². The van der Waals surface area contributed by atoms with Crippen molar-refractivity contribution in [3.63, 3.8) is 0 Å². The molecule has 41 heavy (non-hydrogen) atoms. The maximum absolute atomic E-state index is 13.4. The van der Waals surface area contributed by atoms with Crippen LogP contribution in [0.3, 0.4) is 0 Å². The minimum atomic E-state index is -6.04. The zero-order valence-corrected chi connectivity index (χ0v) is 23.0. The molecule has 5 atom stereocenters. The lowest BCUT2D eigenvalue weighted by molar-refractivity contribution is -0.308. The van der Waals surface area contributed by atoms with Crippen LogP contribution in [-0.2, 0) is 57.8 Å². The van der Waals surface area contributed by atoms with Crippen LogP contribution < -0.4 is 0 Å². The van der Waals surface area contributed by atoms with Crippen molar-refractivity contribution in [2.24, 2.45) is 0 Å². The van der Waals surface area contributed by atoms with Crippen LogP contribution >= 0.6 is 0 Å². The third kappa shape index (κ3) is 8.58. The molecule has 3 aromatic carbocycles. The second-order valence-corrected chi connectivity index (χ2v) is 10.8. The van der Waals surface area contributed by atoms with Crippen molar-refractivity contribution < 1.29 is 49.5 Å². The molecule has 0 saturated carbocycles. The molecule has 12 heteroatoms. The Morgan fingerprint density at radius 2 is 1.17 bits per heavy atom. The van der Waals surface area contributed by atoms with Crippen molar-refractivity contribution in [2.45, 2.75) is 56.0 Å². The molecule has 3 aromatic rings. The third-order valence-electron chi connectivity index (χ3n) is 6.31. The highest BCUT2D eigenvalue weighted by atomic mass is 32.2. The molecule has 0 aliphatic carbocycles. The lowest BCUT2D eigenvalue weighted by Crippen LogP contribution is -2.62. The summed E-state index contributed by atoms with van der Waals surface area (Å²) in [4.78, 5) is 0. The lowest BCUT2D eigenvalue weighted by atomic mass is 9.98. The van der Waals surface area contributed by atoms with Crippen molar-refractivity contribution in [2.75, 3.05) is 13.7 Å². The van der Waals surface area contributed by atoms with E-state index < -0.39 is 46.3 Å². The Morgan fingerprint density at radius 3 is 1.63 bits per heavy atom. The molecule has 0 bridgehead atoms. The van der Waals surface area contributed by atoms with E-state index in [0.717, 1.165) is 11.1 Å². The van der Waals surface area contributed by atoms with Crippen LogP contribution in [0.2, 0.25) is 0 Å². The van der Waals surface area contributed by atoms with Gasteiger partial charge in [0.2, 0.25) is 0 Å². The molecule has 0 unspecified atom stereocenters. The summed E-state index contributed by atoms with van der Waals surface area (Å²) in [6, 6.07) is 27.3. The van der Waals surface area contributed by atoms with Crippen LogP contribution in [0, 0.1) is 0 Å². The first kappa shape index (κ1) is 31.1. The standard InChI is InChI=1S/C29H31F3O8S/c1-35-28-27(40-41(33,34)29(30,31)32)26(38-19-23-15-9-4-10-16-23)25(37-18-22-13-7-3-8-14-22)24(39-28)20-36-17-21-11-5-2-6-12-21/h2-16,24-28H,17-20H2,1H3/t24-,25-,26+,27+,28+/m1/s1. The van der Waals surface area contributed by atoms with Gasteiger partial charge < -0.3 is 23.7 Å². The van der Waals surface area contributed by atoms with Gasteiger partial charge in [0.05, 0.1) is 26.4 Å². The van der Waals surface area contributed by atoms with Gasteiger partial charge in [-0.1, -0.05) is 91.0 Å². The number of rotatable bonds is 13. The van der Waals surface area contributed by atoms with Crippen LogP contribution in [0.15, 0.2) is 91.0 Å². The normalized spacial score (nSPS) is 23.4. The second kappa shape index (κ2) is 14.4. The first-order valence-corrected chi connectivity index (χ1v) is 14.2. The highest BCUT2D eigenvalue weighted by molar-refractivity contribution is 7.87. The molecule has 1 saturated heterocycles. The van der Waals surface area contributed by atoms with Gasteiger partial charge >= 0.3 is 15.6 Å². The van der Waals surface area contributed by atoms with E-state index in [0.29, 0.717) is 5.56 Å². The maximum Gasteiger partial charge on any atom is 0.523 e. The quantitative estimate of drug-likeness (QED) is 0.202. The van der Waals surface area contributed by atoms with Gasteiger partial charge in [0.1, 0.15) is 18.3 Å². The lowest BCUT2D eigenvalue weighted by Gasteiger charge is -2.45. The van der Waals surface area contributed by atoms with Gasteiger partial charge in [0.15, 0.2) is 12.4 Å². The fourth-order valence-corrected chi connectivity index (χ4v) is 4.90. The summed E-state index contributed by atoms with van der Waals surface area (Å²) >= 11 is 0. The Hall–Kier alpha value is -2.84. The highest BCUT2D eigenvalue weighted by Gasteiger charge is 2.55. The summed E-state index contributed by atoms with van der Waals surface area (Å²) in [5.74, 6) is 0. The van der Waals surface area contributed by atoms with Crippen LogP contribution in [0.5, 0.6) is 0 Å². The monoisotopic (exact) mass is 596 g/mol. The average Bonchev–Trinajstić information content (AvgIpc) is 2.97. The molecule has 8 nitrogen and oxygen atoms in total. The van der Waals surface area contributed by atoms with E-state index in [1.165, 1.54) is 7.11 Å². The second-order valence-electron chi connectivity index (χ2n) is 9.26. The summed E-state index contributed by atoms with van der Waals surface area (Å²) in [6.07, 6.45) is -6.77. The number of hydrogen-bond donors (Lipinski definition) is 0. The van der Waals surface area contributed by atoms with Crippen molar-refractivity contribution in [3.8, 4) is 0 Å². The average molecular weight is 597 g/mol. The first-order chi connectivity index (χ1) is 19.7. The molecular weight excluding hydrogens is 565 g/mol. The molecule has 0 amide bonds. The van der Waals surface area contributed by atoms with Gasteiger partial charge in [-0.2, -0.15) is 21.6 Å². The van der Waals surface area contributed by atoms with Gasteiger partial charge in [-0.05, 0) is 16.7 Å². The third-order valence-corrected chi connectivity index (χ3v) is 7.35. The minimum absolute atomic E-state index is 0.0334. The van der Waals surface area contributed by atoms with E-state index >= 15 is 0 Å². The molecular formula is C29H31F3O8S. The fourth-order valence-electron chi connectivity index (χ4n) is 4.30. The Labute approximate surface area is 237 Å². The number of hydrogen-bond acceptors (Lipinski definition) is 8. The number of ether oxygens (including phenoxy) is 5. The minimum Gasteiger partial charge on any atom is -0.374 e. The molecule has 1 aliphatic heterocycles. The Balaban J connectivity index is 1.64. The topological polar surface area (TPSA) is 89.5 Å². The Morgan fingerprint density at radius 1 is 0.707 bits per heavy atom. The van der Waals surface area contributed by atoms with E-state index in [2.05, 4.69) is 0 Å². The Bertz CT molecular complexity index is 1290. The summed E-state index contributed by atoms with van der Waals surface area (Å²) in [5, 5.41) is 0. The molecule has 4 rings (SSSR count). The van der Waals surface area contributed by atoms with E-state index in [1.54, 1.807) is 30.3 Å². The number of alkyl halides is 3. The molecule has 0 N–H and O–H groups in total. The van der Waals surface area contributed by atoms with E-state index in [1.807, 2.05) is 60.7 Å². The first-order valence-electron chi connectivity index (χ1n) is 12.8. The number of methoxy groups -OCH3 is 1. The summed E-state index contributed by atoms with van der Waals surface area (Å²) in [7, 11) is -4.87. The van der Waals surface area contributed by atoms with Gasteiger partial charge in [-0.15, -0.1) is 0 Å². The van der Waals surface area contributed by atoms with Crippen LogP contribution in [0.1, 0.15) is 16.7 Å². The predicted octanol–water partition coefficient (Wildman–Crippen LogP) is 4.98. The van der Waals surface area contributed by atoms with E-state index in [9.17, 15) is 21.6 Å². The van der Waals surface area contributed by atoms with Crippen LogP contribution in [0.25, 0.3) is 0 Å². The summed E-state index contributed by atoms with van der Waals surface area (Å²) in [6.45, 7) is 0.127. The van der Waals surface area contributed by atoms with Crippen LogP contribution in [0.4, 0.5) is 13.2 Å². The zero-order chi connectivity index (χ0) is 29.3. The maximum atomic E-state index is 13.4. The smallest absolute Gasteiger partial charge is 0.374 e. The molecule has 0 radical (unpaired) electrons. The number of benzene rings is 3. The van der Waals surface area contributed by atoms with Crippen LogP contribution in [-0.4, -0.2) is 58.3 Å². The highest BCUT2D eigenvalue weighted by Crippen LogP contribution is 2.34. The SMILES string of the molecule is CO[C@H]1O[C@H](COCc2ccccc2)[C@@H](OCc2ccccc2)[C@H](OCc2ccccc2)[C@@H]1OS(=O)(=O)C(F)(F)F. The van der Waals surface area contributed by atoms with Gasteiger partial charge in [-0.3, -0.25) is 4.18 Å². The summed E-state index contributed by atoms with van der Waals surface area (Å²) in [5.41, 5.74) is -3.31. The van der Waals surface area contributed by atoms with E-state index in [-0.39, 0.29) is 26.4 Å². The van der Waals surface area contributed by atoms with Crippen molar-refractivity contribution in [1.29, 1.82) is 0 Å². The molecule has 222 valence electrons. The molecule has 1 fully saturated rings. The van der Waals surface area contributed by atoms with E-state index in [4.69, 9.17) is 27.9 Å². The molecule has 0 spiro atoms. The molecule has 1 heterocycles. The van der Waals surface area contributed by atoms with Crippen molar-refractivity contribution >= 4 is 10.1 Å². The van der Waals surface area contributed by atoms with Gasteiger partial charge in [-0.25, -0.2) is 0 Å².